The van der Waals surface area contributed by atoms with Gasteiger partial charge in [0, 0.05) is 31.2 Å². The van der Waals surface area contributed by atoms with Crippen LogP contribution in [-0.2, 0) is 4.74 Å². The quantitative estimate of drug-likeness (QED) is 0.929. The number of aromatic nitrogens is 2. The lowest BCUT2D eigenvalue weighted by Crippen LogP contribution is -2.49. The minimum atomic E-state index is -0.467. The largest absolute Gasteiger partial charge is 0.444 e. The zero-order valence-electron chi connectivity index (χ0n) is 13.9. The first-order valence-electron chi connectivity index (χ1n) is 7.84. The second kappa shape index (κ2) is 7.05. The Bertz CT molecular complexity index is 487. The number of carbonyl (C=O) groups excluding carboxylic acids is 1. The molecule has 0 saturated carbocycles. The molecule has 1 aromatic heterocycles. The Hall–Kier alpha value is -1.69. The van der Waals surface area contributed by atoms with Gasteiger partial charge in [-0.05, 0) is 47.1 Å². The van der Waals surface area contributed by atoms with Gasteiger partial charge in [-0.1, -0.05) is 0 Å². The van der Waals surface area contributed by atoms with Gasteiger partial charge in [-0.25, -0.2) is 4.79 Å². The van der Waals surface area contributed by atoms with Crippen molar-refractivity contribution in [3.63, 3.8) is 0 Å². The van der Waals surface area contributed by atoms with E-state index in [2.05, 4.69) is 27.1 Å². The Balaban J connectivity index is 1.90. The normalized spacial score (nSPS) is 21.2. The molecule has 1 amide bonds. The predicted molar refractivity (Wildman–Crippen MR) is 84.4 cm³/mol. The fraction of sp³-hybridized carbons (Fsp3) is 0.688. The highest BCUT2D eigenvalue weighted by molar-refractivity contribution is 5.68. The SMILES string of the molecule is CC(c1cnccn1)N1CCC[C@@H](NC(=O)OC(C)(C)C)C1. The van der Waals surface area contributed by atoms with Crippen molar-refractivity contribution in [2.75, 3.05) is 13.1 Å². The third-order valence-electron chi connectivity index (χ3n) is 3.73. The summed E-state index contributed by atoms with van der Waals surface area (Å²) >= 11 is 0. The maximum atomic E-state index is 11.9. The molecular weight excluding hydrogens is 280 g/mol. The molecule has 1 saturated heterocycles. The third-order valence-corrected chi connectivity index (χ3v) is 3.73. The molecular formula is C16H26N4O2. The van der Waals surface area contributed by atoms with E-state index in [1.807, 2.05) is 20.8 Å². The molecule has 0 radical (unpaired) electrons. The number of hydrogen-bond acceptors (Lipinski definition) is 5. The van der Waals surface area contributed by atoms with Crippen LogP contribution in [0.2, 0.25) is 0 Å². The molecule has 0 aromatic carbocycles. The lowest BCUT2D eigenvalue weighted by Gasteiger charge is -2.36. The Morgan fingerprint density at radius 2 is 2.23 bits per heavy atom. The van der Waals surface area contributed by atoms with E-state index in [9.17, 15) is 4.79 Å². The molecule has 1 aliphatic heterocycles. The Morgan fingerprint density at radius 1 is 1.45 bits per heavy atom. The van der Waals surface area contributed by atoms with Crippen LogP contribution in [0.4, 0.5) is 4.79 Å². The van der Waals surface area contributed by atoms with Crippen LogP contribution in [0, 0.1) is 0 Å². The van der Waals surface area contributed by atoms with Gasteiger partial charge in [-0.3, -0.25) is 14.9 Å². The zero-order chi connectivity index (χ0) is 16.2. The number of nitrogens with one attached hydrogen (secondary N) is 1. The van der Waals surface area contributed by atoms with Gasteiger partial charge < -0.3 is 10.1 Å². The van der Waals surface area contributed by atoms with E-state index in [1.165, 1.54) is 0 Å². The first-order valence-corrected chi connectivity index (χ1v) is 7.84. The number of hydrogen-bond donors (Lipinski definition) is 1. The summed E-state index contributed by atoms with van der Waals surface area (Å²) in [5.41, 5.74) is 0.492. The summed E-state index contributed by atoms with van der Waals surface area (Å²) in [6, 6.07) is 0.305. The van der Waals surface area contributed by atoms with Crippen molar-refractivity contribution in [3.8, 4) is 0 Å². The van der Waals surface area contributed by atoms with Gasteiger partial charge in [0.25, 0.3) is 0 Å². The van der Waals surface area contributed by atoms with Crippen molar-refractivity contribution in [2.24, 2.45) is 0 Å². The first-order chi connectivity index (χ1) is 10.3. The number of piperidine rings is 1. The van der Waals surface area contributed by atoms with Crippen LogP contribution >= 0.6 is 0 Å². The summed E-state index contributed by atoms with van der Waals surface area (Å²) in [7, 11) is 0. The molecule has 6 nitrogen and oxygen atoms in total. The Labute approximate surface area is 132 Å². The van der Waals surface area contributed by atoms with E-state index in [4.69, 9.17) is 4.74 Å². The molecule has 1 aromatic rings. The van der Waals surface area contributed by atoms with Crippen LogP contribution < -0.4 is 5.32 Å². The Morgan fingerprint density at radius 3 is 2.86 bits per heavy atom. The molecule has 2 atom stereocenters. The Kier molecular flexibility index (Phi) is 5.34. The average molecular weight is 306 g/mol. The predicted octanol–water partition coefficient (Wildman–Crippen LogP) is 2.53. The van der Waals surface area contributed by atoms with E-state index >= 15 is 0 Å². The van der Waals surface area contributed by atoms with Crippen molar-refractivity contribution < 1.29 is 9.53 Å². The van der Waals surface area contributed by atoms with Crippen molar-refractivity contribution in [2.45, 2.75) is 58.2 Å². The molecule has 22 heavy (non-hydrogen) atoms. The van der Waals surface area contributed by atoms with E-state index in [0.29, 0.717) is 0 Å². The van der Waals surface area contributed by atoms with Crippen LogP contribution in [0.3, 0.4) is 0 Å². The molecule has 6 heteroatoms. The number of rotatable bonds is 3. The maximum Gasteiger partial charge on any atom is 0.407 e. The standard InChI is InChI=1S/C16H26N4O2/c1-12(14-10-17-7-8-18-14)20-9-5-6-13(11-20)19-15(21)22-16(2,3)4/h7-8,10,12-13H,5-6,9,11H2,1-4H3,(H,19,21)/t12?,13-/m1/s1. The maximum absolute atomic E-state index is 11.9. The summed E-state index contributed by atoms with van der Waals surface area (Å²) in [4.78, 5) is 22.7. The van der Waals surface area contributed by atoms with Crippen molar-refractivity contribution >= 4 is 6.09 Å². The van der Waals surface area contributed by atoms with E-state index in [-0.39, 0.29) is 18.2 Å². The van der Waals surface area contributed by atoms with E-state index < -0.39 is 5.60 Å². The second-order valence-electron chi connectivity index (χ2n) is 6.79. The molecule has 0 bridgehead atoms. The van der Waals surface area contributed by atoms with Crippen LogP contribution in [-0.4, -0.2) is 45.7 Å². The molecule has 1 N–H and O–H groups in total. The first kappa shape index (κ1) is 16.7. The van der Waals surface area contributed by atoms with Crippen LogP contribution in [0.5, 0.6) is 0 Å². The summed E-state index contributed by atoms with van der Waals surface area (Å²) in [6.07, 6.45) is 6.88. The molecule has 2 heterocycles. The minimum Gasteiger partial charge on any atom is -0.444 e. The monoisotopic (exact) mass is 306 g/mol. The van der Waals surface area contributed by atoms with Gasteiger partial charge in [0.05, 0.1) is 11.7 Å². The highest BCUT2D eigenvalue weighted by Crippen LogP contribution is 2.22. The van der Waals surface area contributed by atoms with Crippen LogP contribution in [0.25, 0.3) is 0 Å². The zero-order valence-corrected chi connectivity index (χ0v) is 13.9. The number of ether oxygens (including phenoxy) is 1. The number of likely N-dealkylation sites (tertiary alicyclic amines) is 1. The highest BCUT2D eigenvalue weighted by Gasteiger charge is 2.27. The van der Waals surface area contributed by atoms with E-state index in [1.54, 1.807) is 18.6 Å². The lowest BCUT2D eigenvalue weighted by molar-refractivity contribution is 0.0457. The number of nitrogens with zero attached hydrogens (tertiary/aromatic N) is 3. The van der Waals surface area contributed by atoms with Gasteiger partial charge in [0.15, 0.2) is 0 Å². The molecule has 2 rings (SSSR count). The molecule has 0 spiro atoms. The average Bonchev–Trinajstić information content (AvgIpc) is 2.45. The van der Waals surface area contributed by atoms with Gasteiger partial charge in [0.2, 0.25) is 0 Å². The number of alkyl carbamates (subject to hydrolysis) is 1. The smallest absolute Gasteiger partial charge is 0.407 e. The van der Waals surface area contributed by atoms with Gasteiger partial charge >= 0.3 is 6.09 Å². The van der Waals surface area contributed by atoms with Crippen molar-refractivity contribution in [1.82, 2.24) is 20.2 Å². The molecule has 122 valence electrons. The molecule has 0 aliphatic carbocycles. The second-order valence-corrected chi connectivity index (χ2v) is 6.79. The molecule has 1 aliphatic rings. The van der Waals surface area contributed by atoms with E-state index in [0.717, 1.165) is 31.6 Å². The third kappa shape index (κ3) is 4.94. The van der Waals surface area contributed by atoms with Crippen molar-refractivity contribution in [1.29, 1.82) is 0 Å². The summed E-state index contributed by atoms with van der Waals surface area (Å²) in [5, 5.41) is 2.97. The highest BCUT2D eigenvalue weighted by atomic mass is 16.6. The minimum absolute atomic E-state index is 0.114. The van der Waals surface area contributed by atoms with Crippen LogP contribution in [0.15, 0.2) is 18.6 Å². The lowest BCUT2D eigenvalue weighted by atomic mass is 10.0. The number of amides is 1. The van der Waals surface area contributed by atoms with Gasteiger partial charge in [-0.2, -0.15) is 0 Å². The summed E-state index contributed by atoms with van der Waals surface area (Å²) in [5.74, 6) is 0. The van der Waals surface area contributed by atoms with Crippen molar-refractivity contribution in [3.05, 3.63) is 24.3 Å². The fourth-order valence-corrected chi connectivity index (χ4v) is 2.66. The fourth-order valence-electron chi connectivity index (χ4n) is 2.66. The molecule has 1 fully saturated rings. The number of carbonyl (C=O) groups is 1. The van der Waals surface area contributed by atoms with Crippen LogP contribution in [0.1, 0.15) is 52.3 Å². The van der Waals surface area contributed by atoms with Gasteiger partial charge in [-0.15, -0.1) is 0 Å². The summed E-state index contributed by atoms with van der Waals surface area (Å²) < 4.78 is 5.33. The summed E-state index contributed by atoms with van der Waals surface area (Å²) in [6.45, 7) is 9.54. The molecule has 1 unspecified atom stereocenters. The topological polar surface area (TPSA) is 67.4 Å². The van der Waals surface area contributed by atoms with Gasteiger partial charge in [0.1, 0.15) is 5.60 Å².